The van der Waals surface area contributed by atoms with Crippen LogP contribution in [0.15, 0.2) is 30.3 Å². The summed E-state index contributed by atoms with van der Waals surface area (Å²) in [4.78, 5) is 0. The molecule has 0 radical (unpaired) electrons. The summed E-state index contributed by atoms with van der Waals surface area (Å²) in [7, 11) is 0. The Morgan fingerprint density at radius 3 is 2.54 bits per heavy atom. The smallest absolute Gasteiger partial charge is 0.104 e. The number of unbranched alkanes of at least 4 members (excludes halogenated alkanes) is 1. The summed E-state index contributed by atoms with van der Waals surface area (Å²) in [6, 6.07) is 10.4. The van der Waals surface area contributed by atoms with Crippen molar-refractivity contribution in [2.24, 2.45) is 0 Å². The zero-order chi connectivity index (χ0) is 9.36. The molecule has 0 aliphatic carbocycles. The largest absolute Gasteiger partial charge is 0.384 e. The Morgan fingerprint density at radius 1 is 1.08 bits per heavy atom. The van der Waals surface area contributed by atoms with Gasteiger partial charge in [0.25, 0.3) is 0 Å². The minimum Gasteiger partial charge on any atom is -0.384 e. The van der Waals surface area contributed by atoms with Crippen molar-refractivity contribution >= 4 is 0 Å². The van der Waals surface area contributed by atoms with E-state index in [2.05, 4.69) is 36.1 Å². The minimum atomic E-state index is -0.0225. The molecule has 0 saturated heterocycles. The highest BCUT2D eigenvalue weighted by atomic mass is 16.2. The van der Waals surface area contributed by atoms with Gasteiger partial charge in [-0.1, -0.05) is 36.3 Å². The molecule has 0 bridgehead atoms. The summed E-state index contributed by atoms with van der Waals surface area (Å²) in [5.41, 5.74) is 1.35. The average molecular weight is 174 g/mol. The predicted octanol–water partition coefficient (Wildman–Crippen LogP) is 2.00. The molecule has 0 aliphatic rings. The molecule has 1 aromatic carbocycles. The molecule has 1 nitrogen and oxygen atoms in total. The van der Waals surface area contributed by atoms with Gasteiger partial charge in [-0.25, -0.2) is 0 Å². The predicted molar refractivity (Wildman–Crippen MR) is 54.2 cm³/mol. The van der Waals surface area contributed by atoms with Crippen molar-refractivity contribution in [2.75, 3.05) is 6.61 Å². The molecular weight excluding hydrogens is 160 g/mol. The Kier molecular flexibility index (Phi) is 4.74. The second-order valence-electron chi connectivity index (χ2n) is 2.85. The molecule has 0 aliphatic heterocycles. The van der Waals surface area contributed by atoms with E-state index >= 15 is 0 Å². The van der Waals surface area contributed by atoms with Crippen LogP contribution in [0.4, 0.5) is 0 Å². The lowest BCUT2D eigenvalue weighted by Crippen LogP contribution is -1.83. The molecule has 1 aromatic rings. The van der Waals surface area contributed by atoms with Gasteiger partial charge in [-0.3, -0.25) is 0 Å². The fourth-order valence-corrected chi connectivity index (χ4v) is 1.17. The first-order chi connectivity index (χ1) is 6.43. The van der Waals surface area contributed by atoms with E-state index in [-0.39, 0.29) is 6.61 Å². The van der Waals surface area contributed by atoms with E-state index in [0.717, 1.165) is 19.3 Å². The van der Waals surface area contributed by atoms with Gasteiger partial charge in [-0.15, -0.1) is 5.92 Å². The SMILES string of the molecule is OCC#CCCCc1ccccc1. The third-order valence-electron chi connectivity index (χ3n) is 1.81. The van der Waals surface area contributed by atoms with Crippen LogP contribution < -0.4 is 0 Å². The maximum absolute atomic E-state index is 8.41. The van der Waals surface area contributed by atoms with Gasteiger partial charge in [0.15, 0.2) is 0 Å². The second kappa shape index (κ2) is 6.28. The van der Waals surface area contributed by atoms with Crippen molar-refractivity contribution < 1.29 is 5.11 Å². The molecule has 1 rings (SSSR count). The Morgan fingerprint density at radius 2 is 1.85 bits per heavy atom. The van der Waals surface area contributed by atoms with Gasteiger partial charge in [-0.2, -0.15) is 0 Å². The fourth-order valence-electron chi connectivity index (χ4n) is 1.17. The van der Waals surface area contributed by atoms with Crippen molar-refractivity contribution in [3.05, 3.63) is 35.9 Å². The highest BCUT2D eigenvalue weighted by Crippen LogP contribution is 2.03. The standard InChI is InChI=1S/C12H14O/c13-11-7-2-1-4-8-12-9-5-3-6-10-12/h3,5-6,9-10,13H,1,4,8,11H2. The summed E-state index contributed by atoms with van der Waals surface area (Å²) in [5.74, 6) is 5.55. The van der Waals surface area contributed by atoms with Crippen LogP contribution in [0.3, 0.4) is 0 Å². The van der Waals surface area contributed by atoms with Crippen molar-refractivity contribution in [1.29, 1.82) is 0 Å². The Bertz CT molecular complexity index is 279. The van der Waals surface area contributed by atoms with Gasteiger partial charge in [-0.05, 0) is 18.4 Å². The number of aryl methyl sites for hydroxylation is 1. The number of hydrogen-bond donors (Lipinski definition) is 1. The van der Waals surface area contributed by atoms with Gasteiger partial charge >= 0.3 is 0 Å². The van der Waals surface area contributed by atoms with E-state index < -0.39 is 0 Å². The lowest BCUT2D eigenvalue weighted by atomic mass is 10.1. The van der Waals surface area contributed by atoms with E-state index in [1.807, 2.05) is 6.07 Å². The molecule has 0 saturated carbocycles. The molecule has 0 atom stereocenters. The van der Waals surface area contributed by atoms with Crippen LogP contribution in [-0.4, -0.2) is 11.7 Å². The minimum absolute atomic E-state index is 0.0225. The maximum atomic E-state index is 8.41. The number of benzene rings is 1. The van der Waals surface area contributed by atoms with Crippen molar-refractivity contribution in [1.82, 2.24) is 0 Å². The number of rotatable bonds is 3. The lowest BCUT2D eigenvalue weighted by molar-refractivity contribution is 0.350. The molecule has 0 amide bonds. The van der Waals surface area contributed by atoms with E-state index in [0.29, 0.717) is 0 Å². The number of hydrogen-bond acceptors (Lipinski definition) is 1. The summed E-state index contributed by atoms with van der Waals surface area (Å²) < 4.78 is 0. The summed E-state index contributed by atoms with van der Waals surface area (Å²) >= 11 is 0. The first-order valence-corrected chi connectivity index (χ1v) is 4.54. The third-order valence-corrected chi connectivity index (χ3v) is 1.81. The lowest BCUT2D eigenvalue weighted by Gasteiger charge is -1.96. The highest BCUT2D eigenvalue weighted by Gasteiger charge is 1.88. The van der Waals surface area contributed by atoms with Gasteiger partial charge in [0.05, 0.1) is 0 Å². The van der Waals surface area contributed by atoms with Gasteiger partial charge < -0.3 is 5.11 Å². The highest BCUT2D eigenvalue weighted by molar-refractivity contribution is 5.14. The van der Waals surface area contributed by atoms with Crippen LogP contribution in [0.5, 0.6) is 0 Å². The molecule has 0 spiro atoms. The van der Waals surface area contributed by atoms with Crippen LogP contribution in [-0.2, 0) is 6.42 Å². The van der Waals surface area contributed by atoms with E-state index in [1.165, 1.54) is 5.56 Å². The van der Waals surface area contributed by atoms with Crippen molar-refractivity contribution in [3.8, 4) is 11.8 Å². The van der Waals surface area contributed by atoms with Crippen LogP contribution in [0.2, 0.25) is 0 Å². The summed E-state index contributed by atoms with van der Waals surface area (Å²) in [5, 5.41) is 8.41. The Labute approximate surface area is 79.4 Å². The van der Waals surface area contributed by atoms with Crippen LogP contribution in [0.25, 0.3) is 0 Å². The second-order valence-corrected chi connectivity index (χ2v) is 2.85. The van der Waals surface area contributed by atoms with E-state index in [1.54, 1.807) is 0 Å². The normalized spacial score (nSPS) is 9.00. The molecule has 0 aromatic heterocycles. The number of aliphatic hydroxyl groups excluding tert-OH is 1. The van der Waals surface area contributed by atoms with Crippen LogP contribution >= 0.6 is 0 Å². The van der Waals surface area contributed by atoms with Crippen molar-refractivity contribution in [2.45, 2.75) is 19.3 Å². The van der Waals surface area contributed by atoms with Gasteiger partial charge in [0.1, 0.15) is 6.61 Å². The molecule has 1 N–H and O–H groups in total. The average Bonchev–Trinajstić information content (AvgIpc) is 2.19. The molecule has 1 heteroatoms. The molecule has 0 fully saturated rings. The zero-order valence-electron chi connectivity index (χ0n) is 7.66. The maximum Gasteiger partial charge on any atom is 0.104 e. The molecular formula is C12H14O. The molecule has 13 heavy (non-hydrogen) atoms. The van der Waals surface area contributed by atoms with Gasteiger partial charge in [0, 0.05) is 6.42 Å². The topological polar surface area (TPSA) is 20.2 Å². The van der Waals surface area contributed by atoms with Gasteiger partial charge in [0.2, 0.25) is 0 Å². The zero-order valence-corrected chi connectivity index (χ0v) is 7.66. The Balaban J connectivity index is 2.20. The molecule has 0 unspecified atom stereocenters. The third kappa shape index (κ3) is 4.35. The van der Waals surface area contributed by atoms with E-state index in [9.17, 15) is 0 Å². The summed E-state index contributed by atoms with van der Waals surface area (Å²) in [6.45, 7) is -0.0225. The Hall–Kier alpha value is -1.26. The molecule has 0 heterocycles. The summed E-state index contributed by atoms with van der Waals surface area (Å²) in [6.07, 6.45) is 3.01. The van der Waals surface area contributed by atoms with Crippen molar-refractivity contribution in [3.63, 3.8) is 0 Å². The first-order valence-electron chi connectivity index (χ1n) is 4.54. The first kappa shape index (κ1) is 9.83. The fraction of sp³-hybridized carbons (Fsp3) is 0.333. The number of aliphatic hydroxyl groups is 1. The van der Waals surface area contributed by atoms with E-state index in [4.69, 9.17) is 5.11 Å². The quantitative estimate of drug-likeness (QED) is 0.549. The van der Waals surface area contributed by atoms with Crippen LogP contribution in [0.1, 0.15) is 18.4 Å². The molecule has 68 valence electrons. The monoisotopic (exact) mass is 174 g/mol. The van der Waals surface area contributed by atoms with Crippen LogP contribution in [0, 0.1) is 11.8 Å².